The summed E-state index contributed by atoms with van der Waals surface area (Å²) in [5.74, 6) is 0. The van der Waals surface area contributed by atoms with Crippen LogP contribution >= 0.6 is 27.3 Å². The minimum absolute atomic E-state index is 1.12. The lowest BCUT2D eigenvalue weighted by atomic mass is 10.2. The number of fused-ring (bicyclic) bond motifs is 3. The molecule has 1 heterocycles. The summed E-state index contributed by atoms with van der Waals surface area (Å²) < 4.78 is 2.56. The van der Waals surface area contributed by atoms with Gasteiger partial charge in [0.25, 0.3) is 0 Å². The highest BCUT2D eigenvalue weighted by Gasteiger charge is 2.12. The van der Waals surface area contributed by atoms with Gasteiger partial charge in [0.1, 0.15) is 0 Å². The van der Waals surface area contributed by atoms with Crippen molar-refractivity contribution in [1.29, 1.82) is 0 Å². The fraction of sp³-hybridized carbons (Fsp3) is 0.0909. The Hall–Kier alpha value is -0.600. The maximum Gasteiger partial charge on any atom is 0.0363 e. The van der Waals surface area contributed by atoms with Crippen molar-refractivity contribution in [3.63, 3.8) is 0 Å². The first kappa shape index (κ1) is 7.77. The van der Waals surface area contributed by atoms with E-state index in [0.717, 1.165) is 6.42 Å². The highest BCUT2D eigenvalue weighted by molar-refractivity contribution is 9.10. The van der Waals surface area contributed by atoms with Crippen molar-refractivity contribution in [1.82, 2.24) is 0 Å². The molecular weight excluding hydrogens is 244 g/mol. The molecule has 2 heteroatoms. The molecule has 1 aromatic carbocycles. The van der Waals surface area contributed by atoms with Crippen LogP contribution in [0.15, 0.2) is 28.7 Å². The van der Waals surface area contributed by atoms with Gasteiger partial charge in [0, 0.05) is 25.9 Å². The van der Waals surface area contributed by atoms with Gasteiger partial charge in [-0.05, 0) is 17.7 Å². The van der Waals surface area contributed by atoms with Gasteiger partial charge in [0.05, 0.1) is 0 Å². The standard InChI is InChI=1S/C11H7BrS/c12-7-4-5-9-8-2-1-3-10(8)13-11(9)6-7/h1-2,4-6H,3H2. The summed E-state index contributed by atoms with van der Waals surface area (Å²) >= 11 is 5.40. The summed E-state index contributed by atoms with van der Waals surface area (Å²) in [4.78, 5) is 1.51. The Morgan fingerprint density at radius 2 is 2.23 bits per heavy atom. The van der Waals surface area contributed by atoms with Crippen molar-refractivity contribution in [2.45, 2.75) is 6.42 Å². The molecule has 1 aromatic heterocycles. The Kier molecular flexibility index (Phi) is 1.61. The molecule has 0 bridgehead atoms. The van der Waals surface area contributed by atoms with Crippen LogP contribution in [0.5, 0.6) is 0 Å². The van der Waals surface area contributed by atoms with E-state index in [1.807, 2.05) is 11.3 Å². The summed E-state index contributed by atoms with van der Waals surface area (Å²) in [5.41, 5.74) is 1.44. The maximum atomic E-state index is 3.49. The minimum atomic E-state index is 1.12. The zero-order valence-electron chi connectivity index (χ0n) is 6.88. The second kappa shape index (κ2) is 2.69. The summed E-state index contributed by atoms with van der Waals surface area (Å²) in [7, 11) is 0. The molecule has 0 amide bonds. The number of halogens is 1. The number of allylic oxidation sites excluding steroid dienone is 1. The zero-order valence-corrected chi connectivity index (χ0v) is 9.28. The molecular formula is C11H7BrS. The summed E-state index contributed by atoms with van der Waals surface area (Å²) in [5, 5.41) is 1.40. The third kappa shape index (κ3) is 1.09. The van der Waals surface area contributed by atoms with E-state index in [2.05, 4.69) is 46.3 Å². The molecule has 13 heavy (non-hydrogen) atoms. The van der Waals surface area contributed by atoms with Crippen LogP contribution in [-0.4, -0.2) is 0 Å². The fourth-order valence-electron chi connectivity index (χ4n) is 1.76. The highest BCUT2D eigenvalue weighted by Crippen LogP contribution is 2.37. The monoisotopic (exact) mass is 250 g/mol. The predicted molar refractivity (Wildman–Crippen MR) is 62.3 cm³/mol. The van der Waals surface area contributed by atoms with Crippen LogP contribution in [0.4, 0.5) is 0 Å². The molecule has 0 N–H and O–H groups in total. The molecule has 3 rings (SSSR count). The van der Waals surface area contributed by atoms with Crippen LogP contribution < -0.4 is 0 Å². The lowest BCUT2D eigenvalue weighted by molar-refractivity contribution is 1.40. The van der Waals surface area contributed by atoms with E-state index < -0.39 is 0 Å². The molecule has 1 aliphatic rings. The molecule has 0 saturated heterocycles. The number of thiophene rings is 1. The average molecular weight is 251 g/mol. The topological polar surface area (TPSA) is 0 Å². The first-order valence-electron chi connectivity index (χ1n) is 4.22. The van der Waals surface area contributed by atoms with Crippen molar-refractivity contribution in [2.24, 2.45) is 0 Å². The Labute approximate surface area is 89.0 Å². The number of hydrogen-bond acceptors (Lipinski definition) is 1. The van der Waals surface area contributed by atoms with Gasteiger partial charge in [-0.3, -0.25) is 0 Å². The van der Waals surface area contributed by atoms with E-state index in [-0.39, 0.29) is 0 Å². The van der Waals surface area contributed by atoms with Crippen LogP contribution in [0.2, 0.25) is 0 Å². The lowest BCUT2D eigenvalue weighted by Crippen LogP contribution is -1.69. The highest BCUT2D eigenvalue weighted by atomic mass is 79.9. The van der Waals surface area contributed by atoms with Crippen LogP contribution in [-0.2, 0) is 6.42 Å². The maximum absolute atomic E-state index is 3.49. The molecule has 0 unspecified atom stereocenters. The second-order valence-electron chi connectivity index (χ2n) is 3.19. The van der Waals surface area contributed by atoms with Gasteiger partial charge in [0.2, 0.25) is 0 Å². The molecule has 0 radical (unpaired) electrons. The van der Waals surface area contributed by atoms with Gasteiger partial charge in [-0.2, -0.15) is 0 Å². The van der Waals surface area contributed by atoms with Crippen molar-refractivity contribution in [3.8, 4) is 0 Å². The van der Waals surface area contributed by atoms with E-state index in [0.29, 0.717) is 0 Å². The smallest absolute Gasteiger partial charge is 0.0363 e. The molecule has 64 valence electrons. The van der Waals surface area contributed by atoms with Gasteiger partial charge in [-0.15, -0.1) is 11.3 Å². The van der Waals surface area contributed by atoms with Crippen molar-refractivity contribution >= 4 is 43.4 Å². The van der Waals surface area contributed by atoms with Crippen molar-refractivity contribution in [2.75, 3.05) is 0 Å². The third-order valence-electron chi connectivity index (χ3n) is 2.36. The van der Waals surface area contributed by atoms with E-state index >= 15 is 0 Å². The van der Waals surface area contributed by atoms with Gasteiger partial charge in [-0.25, -0.2) is 0 Å². The fourth-order valence-corrected chi connectivity index (χ4v) is 3.48. The molecule has 1 aliphatic carbocycles. The minimum Gasteiger partial charge on any atom is -0.139 e. The molecule has 0 nitrogen and oxygen atoms in total. The normalized spacial score (nSPS) is 13.9. The van der Waals surface area contributed by atoms with E-state index in [1.54, 1.807) is 0 Å². The van der Waals surface area contributed by atoms with Crippen molar-refractivity contribution < 1.29 is 0 Å². The molecule has 0 spiro atoms. The van der Waals surface area contributed by atoms with Crippen LogP contribution in [0, 0.1) is 0 Å². The zero-order chi connectivity index (χ0) is 8.84. The van der Waals surface area contributed by atoms with E-state index in [9.17, 15) is 0 Å². The molecule has 0 aliphatic heterocycles. The quantitative estimate of drug-likeness (QED) is 0.657. The third-order valence-corrected chi connectivity index (χ3v) is 4.04. The Bertz CT molecular complexity index is 508. The van der Waals surface area contributed by atoms with Crippen LogP contribution in [0.3, 0.4) is 0 Å². The lowest BCUT2D eigenvalue weighted by Gasteiger charge is -1.91. The first-order chi connectivity index (χ1) is 6.34. The van der Waals surface area contributed by atoms with Crippen LogP contribution in [0.1, 0.15) is 10.4 Å². The van der Waals surface area contributed by atoms with Gasteiger partial charge >= 0.3 is 0 Å². The Balaban J connectivity index is 2.44. The molecule has 0 atom stereocenters. The van der Waals surface area contributed by atoms with Gasteiger partial charge in [0.15, 0.2) is 0 Å². The number of rotatable bonds is 0. The second-order valence-corrected chi connectivity index (χ2v) is 5.24. The Morgan fingerprint density at radius 3 is 3.15 bits per heavy atom. The molecule has 2 aromatic rings. The number of hydrogen-bond donors (Lipinski definition) is 0. The Morgan fingerprint density at radius 1 is 1.31 bits per heavy atom. The first-order valence-corrected chi connectivity index (χ1v) is 5.83. The summed E-state index contributed by atoms with van der Waals surface area (Å²) in [6, 6.07) is 6.51. The predicted octanol–water partition coefficient (Wildman–Crippen LogP) is 4.23. The van der Waals surface area contributed by atoms with Gasteiger partial charge in [-0.1, -0.05) is 34.1 Å². The summed E-state index contributed by atoms with van der Waals surface area (Å²) in [6.07, 6.45) is 5.59. The average Bonchev–Trinajstić information content (AvgIpc) is 2.62. The van der Waals surface area contributed by atoms with Crippen LogP contribution in [0.25, 0.3) is 16.2 Å². The van der Waals surface area contributed by atoms with E-state index in [4.69, 9.17) is 0 Å². The van der Waals surface area contributed by atoms with Gasteiger partial charge < -0.3 is 0 Å². The molecule has 0 saturated carbocycles. The summed E-state index contributed by atoms with van der Waals surface area (Å²) in [6.45, 7) is 0. The van der Waals surface area contributed by atoms with Crippen molar-refractivity contribution in [3.05, 3.63) is 39.2 Å². The number of benzene rings is 1. The molecule has 0 fully saturated rings. The largest absolute Gasteiger partial charge is 0.139 e. The van der Waals surface area contributed by atoms with E-state index in [1.165, 1.54) is 25.0 Å². The SMILES string of the molecule is Brc1ccc2c3c(sc2c1)CC=C3.